The van der Waals surface area contributed by atoms with E-state index in [4.69, 9.17) is 23.2 Å². The third kappa shape index (κ3) is 3.89. The highest BCUT2D eigenvalue weighted by molar-refractivity contribution is 7.92. The van der Waals surface area contributed by atoms with E-state index in [-0.39, 0.29) is 11.6 Å². The summed E-state index contributed by atoms with van der Waals surface area (Å²) >= 11 is 11.2. The van der Waals surface area contributed by atoms with E-state index in [1.54, 1.807) is 18.2 Å². The second kappa shape index (κ2) is 5.05. The number of nitrogens with one attached hydrogen (secondary N) is 1. The fourth-order valence-electron chi connectivity index (χ4n) is 1.02. The molecule has 0 atom stereocenters. The highest BCUT2D eigenvalue weighted by atomic mass is 35.5. The Bertz CT molecular complexity index is 445. The van der Waals surface area contributed by atoms with Gasteiger partial charge in [0.05, 0.1) is 16.5 Å². The van der Waals surface area contributed by atoms with Gasteiger partial charge in [0.1, 0.15) is 0 Å². The molecule has 0 saturated carbocycles. The first kappa shape index (κ1) is 12.6. The normalized spacial score (nSPS) is 11.4. The molecule has 0 spiro atoms. The summed E-state index contributed by atoms with van der Waals surface area (Å²) in [6.45, 7) is 1.88. The second-order valence-corrected chi connectivity index (χ2v) is 5.72. The van der Waals surface area contributed by atoms with Crippen molar-refractivity contribution < 1.29 is 8.42 Å². The first-order valence-corrected chi connectivity index (χ1v) is 6.84. The third-order valence-corrected chi connectivity index (χ3v) is 3.73. The Kier molecular flexibility index (Phi) is 4.25. The topological polar surface area (TPSA) is 46.2 Å². The van der Waals surface area contributed by atoms with Crippen molar-refractivity contribution in [2.24, 2.45) is 0 Å². The Hall–Kier alpha value is -0.450. The van der Waals surface area contributed by atoms with Gasteiger partial charge < -0.3 is 0 Å². The van der Waals surface area contributed by atoms with Gasteiger partial charge in [-0.3, -0.25) is 4.72 Å². The van der Waals surface area contributed by atoms with Crippen LogP contribution in [0.25, 0.3) is 0 Å². The van der Waals surface area contributed by atoms with Crippen molar-refractivity contribution in [1.29, 1.82) is 0 Å². The Morgan fingerprint density at radius 3 is 2.60 bits per heavy atom. The molecule has 0 heterocycles. The molecule has 84 valence electrons. The number of hydrogen-bond donors (Lipinski definition) is 1. The maximum atomic E-state index is 11.4. The van der Waals surface area contributed by atoms with Gasteiger partial charge >= 0.3 is 0 Å². The van der Waals surface area contributed by atoms with Gasteiger partial charge in [0.15, 0.2) is 0 Å². The molecule has 0 aliphatic rings. The van der Waals surface area contributed by atoms with Crippen LogP contribution >= 0.6 is 23.2 Å². The lowest BCUT2D eigenvalue weighted by atomic mass is 10.2. The Balaban J connectivity index is 2.90. The minimum atomic E-state index is -3.39. The van der Waals surface area contributed by atoms with E-state index in [0.717, 1.165) is 5.56 Å². The van der Waals surface area contributed by atoms with E-state index >= 15 is 0 Å². The lowest BCUT2D eigenvalue weighted by Crippen LogP contribution is -2.17. The van der Waals surface area contributed by atoms with Crippen LogP contribution in [0.5, 0.6) is 0 Å². The molecule has 0 radical (unpaired) electrons. The summed E-state index contributed by atoms with van der Waals surface area (Å²) in [5, 5.41) is 0.383. The van der Waals surface area contributed by atoms with Crippen LogP contribution < -0.4 is 4.72 Å². The van der Waals surface area contributed by atoms with E-state index in [0.29, 0.717) is 10.7 Å². The number of halogens is 2. The molecule has 0 unspecified atom stereocenters. The van der Waals surface area contributed by atoms with E-state index in [9.17, 15) is 8.42 Å². The van der Waals surface area contributed by atoms with Gasteiger partial charge in [-0.15, -0.1) is 11.6 Å². The summed E-state index contributed by atoms with van der Waals surface area (Å²) in [4.78, 5) is 0. The molecule has 1 aromatic rings. The van der Waals surface area contributed by atoms with Crippen molar-refractivity contribution >= 4 is 38.9 Å². The van der Waals surface area contributed by atoms with Crippen LogP contribution in [-0.4, -0.2) is 20.1 Å². The van der Waals surface area contributed by atoms with Crippen LogP contribution in [0, 0.1) is 6.92 Å². The third-order valence-electron chi connectivity index (χ3n) is 1.74. The monoisotopic (exact) mass is 267 g/mol. The summed E-state index contributed by atoms with van der Waals surface area (Å²) < 4.78 is 25.1. The average Bonchev–Trinajstić information content (AvgIpc) is 2.09. The van der Waals surface area contributed by atoms with Gasteiger partial charge in [0.2, 0.25) is 10.0 Å². The molecular formula is C9H11Cl2NO2S. The Morgan fingerprint density at radius 2 is 2.07 bits per heavy atom. The summed E-state index contributed by atoms with van der Waals surface area (Å²) in [5.41, 5.74) is 1.35. The zero-order chi connectivity index (χ0) is 11.5. The first-order valence-electron chi connectivity index (χ1n) is 4.27. The number of anilines is 1. The van der Waals surface area contributed by atoms with E-state index in [2.05, 4.69) is 4.72 Å². The first-order chi connectivity index (χ1) is 6.94. The van der Waals surface area contributed by atoms with Crippen LogP contribution in [-0.2, 0) is 10.0 Å². The minimum Gasteiger partial charge on any atom is -0.282 e. The fraction of sp³-hybridized carbons (Fsp3) is 0.333. The quantitative estimate of drug-likeness (QED) is 0.853. The molecular weight excluding hydrogens is 257 g/mol. The zero-order valence-electron chi connectivity index (χ0n) is 8.13. The fourth-order valence-corrected chi connectivity index (χ4v) is 2.79. The molecule has 0 aliphatic carbocycles. The molecule has 6 heteroatoms. The van der Waals surface area contributed by atoms with Gasteiger partial charge in [0, 0.05) is 5.88 Å². The number of alkyl halides is 1. The van der Waals surface area contributed by atoms with Crippen molar-refractivity contribution in [3.63, 3.8) is 0 Å². The minimum absolute atomic E-state index is 0.0544. The Labute approximate surface area is 99.4 Å². The highest BCUT2D eigenvalue weighted by Gasteiger charge is 2.11. The Morgan fingerprint density at radius 1 is 1.40 bits per heavy atom. The summed E-state index contributed by atoms with van der Waals surface area (Å²) in [6.07, 6.45) is 0. The molecule has 1 N–H and O–H groups in total. The van der Waals surface area contributed by atoms with Crippen molar-refractivity contribution in [1.82, 2.24) is 0 Å². The van der Waals surface area contributed by atoms with E-state index in [1.807, 2.05) is 6.92 Å². The molecule has 3 nitrogen and oxygen atoms in total. The molecule has 0 bridgehead atoms. The molecule has 0 aromatic heterocycles. The molecule has 0 fully saturated rings. The molecule has 1 rings (SSSR count). The number of aryl methyl sites for hydroxylation is 1. The second-order valence-electron chi connectivity index (χ2n) is 3.09. The smallest absolute Gasteiger partial charge is 0.233 e. The van der Waals surface area contributed by atoms with Crippen LogP contribution in [0.15, 0.2) is 18.2 Å². The number of sulfonamides is 1. The maximum absolute atomic E-state index is 11.4. The van der Waals surface area contributed by atoms with Gasteiger partial charge in [-0.05, 0) is 24.6 Å². The van der Waals surface area contributed by atoms with Crippen molar-refractivity contribution in [3.05, 3.63) is 28.8 Å². The lowest BCUT2D eigenvalue weighted by Gasteiger charge is -2.08. The summed E-state index contributed by atoms with van der Waals surface area (Å²) in [6, 6.07) is 5.11. The summed E-state index contributed by atoms with van der Waals surface area (Å²) in [7, 11) is -3.39. The van der Waals surface area contributed by atoms with Crippen molar-refractivity contribution in [2.75, 3.05) is 16.4 Å². The van der Waals surface area contributed by atoms with E-state index < -0.39 is 10.0 Å². The number of rotatable bonds is 4. The predicted octanol–water partition coefficient (Wildman–Crippen LogP) is 2.63. The molecule has 0 aliphatic heterocycles. The lowest BCUT2D eigenvalue weighted by molar-refractivity contribution is 0.602. The maximum Gasteiger partial charge on any atom is 0.233 e. The average molecular weight is 268 g/mol. The van der Waals surface area contributed by atoms with Crippen LogP contribution in [0.1, 0.15) is 5.56 Å². The summed E-state index contributed by atoms with van der Waals surface area (Å²) in [5.74, 6) is -0.0719. The van der Waals surface area contributed by atoms with Gasteiger partial charge in [0.25, 0.3) is 0 Å². The molecule has 1 aromatic carbocycles. The number of benzene rings is 1. The standard InChI is InChI=1S/C9H11Cl2NO2S/c1-7-2-3-9(8(11)6-7)12-15(13,14)5-4-10/h2-3,6,12H,4-5H2,1H3. The van der Waals surface area contributed by atoms with Crippen molar-refractivity contribution in [3.8, 4) is 0 Å². The number of hydrogen-bond acceptors (Lipinski definition) is 2. The predicted molar refractivity (Wildman–Crippen MR) is 64.3 cm³/mol. The van der Waals surface area contributed by atoms with Gasteiger partial charge in [-0.25, -0.2) is 8.42 Å². The van der Waals surface area contributed by atoms with Crippen molar-refractivity contribution in [2.45, 2.75) is 6.92 Å². The zero-order valence-corrected chi connectivity index (χ0v) is 10.5. The van der Waals surface area contributed by atoms with Crippen LogP contribution in [0.3, 0.4) is 0 Å². The SMILES string of the molecule is Cc1ccc(NS(=O)(=O)CCCl)c(Cl)c1. The van der Waals surface area contributed by atoms with Crippen LogP contribution in [0.4, 0.5) is 5.69 Å². The van der Waals surface area contributed by atoms with Crippen LogP contribution in [0.2, 0.25) is 5.02 Å². The van der Waals surface area contributed by atoms with Gasteiger partial charge in [-0.2, -0.15) is 0 Å². The molecule has 0 amide bonds. The van der Waals surface area contributed by atoms with E-state index in [1.165, 1.54) is 0 Å². The molecule has 15 heavy (non-hydrogen) atoms. The highest BCUT2D eigenvalue weighted by Crippen LogP contribution is 2.23. The van der Waals surface area contributed by atoms with Gasteiger partial charge in [-0.1, -0.05) is 17.7 Å². The largest absolute Gasteiger partial charge is 0.282 e. The molecule has 0 saturated heterocycles.